The van der Waals surface area contributed by atoms with Crippen LogP contribution in [-0.4, -0.2) is 40.8 Å². The first kappa shape index (κ1) is 18.3. The van der Waals surface area contributed by atoms with Gasteiger partial charge in [0.1, 0.15) is 0 Å². The van der Waals surface area contributed by atoms with Gasteiger partial charge in [-0.3, -0.25) is 14.6 Å². The monoisotopic (exact) mass is 357 g/mol. The highest BCUT2D eigenvalue weighted by Crippen LogP contribution is 2.14. The lowest BCUT2D eigenvalue weighted by Crippen LogP contribution is -2.50. The smallest absolute Gasteiger partial charge is 0.250 e. The molecule has 0 radical (unpaired) electrons. The summed E-state index contributed by atoms with van der Waals surface area (Å²) in [4.78, 5) is 28.2. The van der Waals surface area contributed by atoms with Gasteiger partial charge in [-0.05, 0) is 24.6 Å². The van der Waals surface area contributed by atoms with Gasteiger partial charge < -0.3 is 19.4 Å². The number of pyridine rings is 2. The Bertz CT molecular complexity index is 763. The minimum absolute atomic E-state index is 0.113. The first-order valence-corrected chi connectivity index (χ1v) is 8.76. The van der Waals surface area contributed by atoms with Crippen molar-refractivity contribution in [3.63, 3.8) is 0 Å². The second-order valence-corrected chi connectivity index (χ2v) is 6.19. The summed E-state index contributed by atoms with van der Waals surface area (Å²) >= 11 is 0. The van der Waals surface area contributed by atoms with Gasteiger partial charge in [-0.25, -0.2) is 0 Å². The van der Waals surface area contributed by atoms with Gasteiger partial charge in [0, 0.05) is 38.0 Å². The molecule has 26 heavy (non-hydrogen) atoms. The summed E-state index contributed by atoms with van der Waals surface area (Å²) in [6.45, 7) is 1.78. The number of rotatable bonds is 7. The second-order valence-electron chi connectivity index (χ2n) is 6.19. The van der Waals surface area contributed by atoms with Crippen LogP contribution in [-0.2, 0) is 27.4 Å². The summed E-state index contributed by atoms with van der Waals surface area (Å²) in [5, 5.41) is 2.97. The first-order chi connectivity index (χ1) is 12.7. The van der Waals surface area contributed by atoms with Crippen molar-refractivity contribution in [1.82, 2.24) is 14.9 Å². The van der Waals surface area contributed by atoms with Crippen LogP contribution in [0.1, 0.15) is 18.5 Å². The van der Waals surface area contributed by atoms with Crippen LogP contribution in [0.15, 0.2) is 53.6 Å². The highest BCUT2D eigenvalue weighted by molar-refractivity contribution is 5.76. The summed E-state index contributed by atoms with van der Waals surface area (Å²) in [7, 11) is 0. The number of hydrogen-bond donors (Lipinski definition) is 1. The van der Waals surface area contributed by atoms with E-state index < -0.39 is 0 Å². The van der Waals surface area contributed by atoms with E-state index in [2.05, 4.69) is 10.3 Å². The number of carbonyl (C=O) groups excluding carboxylic acids is 1. The molecule has 0 bridgehead atoms. The van der Waals surface area contributed by atoms with Crippen molar-refractivity contribution in [2.75, 3.05) is 13.2 Å². The van der Waals surface area contributed by atoms with Crippen LogP contribution in [0.4, 0.5) is 0 Å². The third-order valence-corrected chi connectivity index (χ3v) is 4.29. The van der Waals surface area contributed by atoms with E-state index in [-0.39, 0.29) is 30.0 Å². The summed E-state index contributed by atoms with van der Waals surface area (Å²) in [5.41, 5.74) is 0.741. The van der Waals surface area contributed by atoms with Gasteiger partial charge in [0.15, 0.2) is 0 Å². The van der Waals surface area contributed by atoms with E-state index in [0.29, 0.717) is 26.4 Å². The van der Waals surface area contributed by atoms with Crippen LogP contribution in [0.5, 0.6) is 0 Å². The SMILES string of the molecule is O=C(CCn1ccccc1=O)N[C@@H]1COCC[C@H]1OCc1ccccn1. The molecule has 1 amide bonds. The van der Waals surface area contributed by atoms with E-state index in [1.807, 2.05) is 18.2 Å². The summed E-state index contributed by atoms with van der Waals surface area (Å²) < 4.78 is 13.0. The molecule has 1 saturated heterocycles. The van der Waals surface area contributed by atoms with Gasteiger partial charge in [0.25, 0.3) is 5.56 Å². The molecule has 1 aliphatic heterocycles. The third-order valence-electron chi connectivity index (χ3n) is 4.29. The Morgan fingerprint density at radius 3 is 3.00 bits per heavy atom. The van der Waals surface area contributed by atoms with Gasteiger partial charge in [-0.2, -0.15) is 0 Å². The van der Waals surface area contributed by atoms with Crippen LogP contribution < -0.4 is 10.9 Å². The Labute approximate surface area is 152 Å². The van der Waals surface area contributed by atoms with Crippen molar-refractivity contribution in [2.45, 2.75) is 38.1 Å². The van der Waals surface area contributed by atoms with E-state index in [4.69, 9.17) is 9.47 Å². The molecule has 0 aliphatic carbocycles. The van der Waals surface area contributed by atoms with Gasteiger partial charge in [-0.15, -0.1) is 0 Å². The molecule has 7 nitrogen and oxygen atoms in total. The van der Waals surface area contributed by atoms with Crippen molar-refractivity contribution in [3.05, 3.63) is 64.8 Å². The lowest BCUT2D eigenvalue weighted by Gasteiger charge is -2.32. The Balaban J connectivity index is 1.50. The Morgan fingerprint density at radius 2 is 2.19 bits per heavy atom. The molecular weight excluding hydrogens is 334 g/mol. The van der Waals surface area contributed by atoms with Crippen molar-refractivity contribution in [1.29, 1.82) is 0 Å². The van der Waals surface area contributed by atoms with Crippen molar-refractivity contribution >= 4 is 5.91 Å². The van der Waals surface area contributed by atoms with E-state index in [1.165, 1.54) is 10.6 Å². The fraction of sp³-hybridized carbons (Fsp3) is 0.421. The lowest BCUT2D eigenvalue weighted by atomic mass is 10.1. The number of nitrogens with one attached hydrogen (secondary N) is 1. The first-order valence-electron chi connectivity index (χ1n) is 8.76. The largest absolute Gasteiger partial charge is 0.379 e. The van der Waals surface area contributed by atoms with Gasteiger partial charge in [0.2, 0.25) is 5.91 Å². The van der Waals surface area contributed by atoms with Gasteiger partial charge in [-0.1, -0.05) is 12.1 Å². The number of amides is 1. The maximum Gasteiger partial charge on any atom is 0.250 e. The third kappa shape index (κ3) is 5.24. The zero-order valence-electron chi connectivity index (χ0n) is 14.5. The molecule has 2 aromatic rings. The fourth-order valence-electron chi connectivity index (χ4n) is 2.87. The maximum atomic E-state index is 12.3. The predicted octanol–water partition coefficient (Wildman–Crippen LogP) is 1.12. The van der Waals surface area contributed by atoms with Crippen LogP contribution in [0.3, 0.4) is 0 Å². The zero-order valence-corrected chi connectivity index (χ0v) is 14.5. The molecule has 1 N–H and O–H groups in total. The fourth-order valence-corrected chi connectivity index (χ4v) is 2.87. The number of aromatic nitrogens is 2. The summed E-state index contributed by atoms with van der Waals surface area (Å²) in [5.74, 6) is -0.123. The second kappa shape index (κ2) is 9.26. The molecule has 0 saturated carbocycles. The van der Waals surface area contributed by atoms with Crippen LogP contribution in [0.2, 0.25) is 0 Å². The Kier molecular flexibility index (Phi) is 6.51. The normalized spacial score (nSPS) is 19.8. The predicted molar refractivity (Wildman–Crippen MR) is 95.5 cm³/mol. The molecule has 2 atom stereocenters. The van der Waals surface area contributed by atoms with Crippen LogP contribution >= 0.6 is 0 Å². The molecule has 2 aromatic heterocycles. The van der Waals surface area contributed by atoms with Crippen molar-refractivity contribution in [3.8, 4) is 0 Å². The van der Waals surface area contributed by atoms with Crippen LogP contribution in [0.25, 0.3) is 0 Å². The van der Waals surface area contributed by atoms with E-state index in [0.717, 1.165) is 12.1 Å². The quantitative estimate of drug-likeness (QED) is 0.803. The van der Waals surface area contributed by atoms with Crippen LogP contribution in [0, 0.1) is 0 Å². The number of hydrogen-bond acceptors (Lipinski definition) is 5. The minimum Gasteiger partial charge on any atom is -0.379 e. The maximum absolute atomic E-state index is 12.3. The molecule has 0 unspecified atom stereocenters. The Hall–Kier alpha value is -2.51. The molecule has 1 fully saturated rings. The lowest BCUT2D eigenvalue weighted by molar-refractivity contribution is -0.126. The molecule has 3 rings (SSSR count). The number of aryl methyl sites for hydroxylation is 1. The molecule has 3 heterocycles. The summed E-state index contributed by atoms with van der Waals surface area (Å²) in [6.07, 6.45) is 4.24. The standard InChI is InChI=1S/C19H23N3O4/c23-18(7-11-22-10-4-2-6-19(22)24)21-16-14-25-12-8-17(16)26-13-15-5-1-3-9-20-15/h1-6,9-10,16-17H,7-8,11-14H2,(H,21,23)/t16-,17-/m1/s1. The van der Waals surface area contributed by atoms with Gasteiger partial charge in [0.05, 0.1) is 31.1 Å². The summed E-state index contributed by atoms with van der Waals surface area (Å²) in [6, 6.07) is 10.4. The Morgan fingerprint density at radius 1 is 1.31 bits per heavy atom. The topological polar surface area (TPSA) is 82.5 Å². The minimum atomic E-state index is -0.201. The number of ether oxygens (including phenoxy) is 2. The van der Waals surface area contributed by atoms with E-state index in [9.17, 15) is 9.59 Å². The average Bonchev–Trinajstić information content (AvgIpc) is 2.67. The van der Waals surface area contributed by atoms with Crippen molar-refractivity contribution in [2.24, 2.45) is 0 Å². The molecule has 0 aromatic carbocycles. The van der Waals surface area contributed by atoms with E-state index in [1.54, 1.807) is 24.5 Å². The average molecular weight is 357 g/mol. The molecule has 7 heteroatoms. The molecule has 0 spiro atoms. The molecular formula is C19H23N3O4. The molecule has 1 aliphatic rings. The van der Waals surface area contributed by atoms with E-state index >= 15 is 0 Å². The van der Waals surface area contributed by atoms with Gasteiger partial charge >= 0.3 is 0 Å². The van der Waals surface area contributed by atoms with Crippen molar-refractivity contribution < 1.29 is 14.3 Å². The zero-order chi connectivity index (χ0) is 18.2. The highest BCUT2D eigenvalue weighted by atomic mass is 16.5. The number of carbonyl (C=O) groups is 1. The number of nitrogens with zero attached hydrogens (tertiary/aromatic N) is 2. The molecule has 138 valence electrons. The highest BCUT2D eigenvalue weighted by Gasteiger charge is 2.28.